The van der Waals surface area contributed by atoms with Gasteiger partial charge in [0, 0.05) is 12.0 Å². The summed E-state index contributed by atoms with van der Waals surface area (Å²) in [6, 6.07) is 14.6. The Hall–Kier alpha value is -2.79. The van der Waals surface area contributed by atoms with Crippen LogP contribution in [0.4, 0.5) is 5.69 Å². The summed E-state index contributed by atoms with van der Waals surface area (Å²) in [4.78, 5) is 0. The van der Waals surface area contributed by atoms with Crippen LogP contribution in [0.1, 0.15) is 42.0 Å². The summed E-state index contributed by atoms with van der Waals surface area (Å²) in [5.74, 6) is 6.54. The molecule has 3 rings (SSSR count). The molecule has 0 saturated heterocycles. The van der Waals surface area contributed by atoms with Gasteiger partial charge in [0.1, 0.15) is 0 Å². The molecular weight excluding hydrogens is 304 g/mol. The molecule has 0 N–H and O–H groups in total. The number of hydrazone groups is 1. The third-order valence-electron chi connectivity index (χ3n) is 4.52. The Kier molecular flexibility index (Phi) is 5.36. The van der Waals surface area contributed by atoms with E-state index in [0.29, 0.717) is 0 Å². The van der Waals surface area contributed by atoms with Crippen LogP contribution in [0.2, 0.25) is 0 Å². The predicted molar refractivity (Wildman–Crippen MR) is 108 cm³/mol. The van der Waals surface area contributed by atoms with E-state index >= 15 is 0 Å². The van der Waals surface area contributed by atoms with Gasteiger partial charge in [-0.15, -0.1) is 0 Å². The van der Waals surface area contributed by atoms with Gasteiger partial charge in [0.05, 0.1) is 18.4 Å². The fourth-order valence-corrected chi connectivity index (χ4v) is 2.86. The minimum Gasteiger partial charge on any atom is -0.261 e. The lowest BCUT2D eigenvalue weighted by atomic mass is 9.97. The molecule has 0 saturated carbocycles. The molecular formula is C23H24N2. The number of nitrogens with zero attached hydrogens (tertiary/aromatic N) is 2. The molecule has 2 heteroatoms. The summed E-state index contributed by atoms with van der Waals surface area (Å²) < 4.78 is 0. The van der Waals surface area contributed by atoms with Crippen LogP contribution in [0.3, 0.4) is 0 Å². The van der Waals surface area contributed by atoms with Crippen LogP contribution in [0.15, 0.2) is 53.1 Å². The molecule has 0 aliphatic carbocycles. The minimum absolute atomic E-state index is 0.806. The van der Waals surface area contributed by atoms with Gasteiger partial charge in [-0.3, -0.25) is 5.01 Å². The smallest absolute Gasteiger partial charge is 0.0682 e. The standard InChI is InChI=1S/C23H24N2/c1-4-5-7-10-21-13-14-22(19(3)18(21)2)15-20-16-24-25(17-20)23-11-8-6-9-12-23/h6,8-9,11-16H,4-5,17H2,1-3H3. The van der Waals surface area contributed by atoms with Gasteiger partial charge < -0.3 is 0 Å². The Balaban J connectivity index is 1.80. The molecule has 1 aliphatic heterocycles. The first-order valence-corrected chi connectivity index (χ1v) is 8.85. The number of rotatable bonds is 3. The Morgan fingerprint density at radius 2 is 1.88 bits per heavy atom. The van der Waals surface area contributed by atoms with Crippen molar-refractivity contribution in [1.29, 1.82) is 0 Å². The molecule has 0 spiro atoms. The average Bonchev–Trinajstić information content (AvgIpc) is 3.10. The van der Waals surface area contributed by atoms with Gasteiger partial charge >= 0.3 is 0 Å². The molecule has 126 valence electrons. The lowest BCUT2D eigenvalue weighted by Gasteiger charge is -2.13. The summed E-state index contributed by atoms with van der Waals surface area (Å²) in [7, 11) is 0. The topological polar surface area (TPSA) is 15.6 Å². The van der Waals surface area contributed by atoms with Gasteiger partial charge in [0.25, 0.3) is 0 Å². The zero-order chi connectivity index (χ0) is 17.6. The number of hydrogen-bond donors (Lipinski definition) is 0. The van der Waals surface area contributed by atoms with Crippen LogP contribution >= 0.6 is 0 Å². The Bertz CT molecular complexity index is 864. The maximum atomic E-state index is 4.52. The van der Waals surface area contributed by atoms with Crippen molar-refractivity contribution in [3.8, 4) is 11.8 Å². The summed E-state index contributed by atoms with van der Waals surface area (Å²) in [6.45, 7) is 7.30. The van der Waals surface area contributed by atoms with Crippen LogP contribution in [-0.2, 0) is 0 Å². The van der Waals surface area contributed by atoms with E-state index in [0.717, 1.165) is 30.6 Å². The van der Waals surface area contributed by atoms with Crippen molar-refractivity contribution in [1.82, 2.24) is 0 Å². The highest BCUT2D eigenvalue weighted by atomic mass is 15.5. The van der Waals surface area contributed by atoms with E-state index in [4.69, 9.17) is 0 Å². The first kappa shape index (κ1) is 17.0. The van der Waals surface area contributed by atoms with Crippen LogP contribution in [0, 0.1) is 25.7 Å². The Morgan fingerprint density at radius 1 is 1.08 bits per heavy atom. The molecule has 0 unspecified atom stereocenters. The maximum absolute atomic E-state index is 4.52. The van der Waals surface area contributed by atoms with Gasteiger partial charge in [0.2, 0.25) is 0 Å². The van der Waals surface area contributed by atoms with Crippen LogP contribution in [0.25, 0.3) is 6.08 Å². The lowest BCUT2D eigenvalue weighted by molar-refractivity contribution is 0.974. The van der Waals surface area contributed by atoms with E-state index in [1.165, 1.54) is 22.3 Å². The number of para-hydroxylation sites is 1. The van der Waals surface area contributed by atoms with Gasteiger partial charge in [-0.2, -0.15) is 5.10 Å². The van der Waals surface area contributed by atoms with Crippen LogP contribution in [0.5, 0.6) is 0 Å². The van der Waals surface area contributed by atoms with Gasteiger partial charge in [0.15, 0.2) is 0 Å². The van der Waals surface area contributed by atoms with E-state index in [2.05, 4.69) is 68.1 Å². The summed E-state index contributed by atoms with van der Waals surface area (Å²) in [5, 5.41) is 6.55. The number of benzene rings is 2. The van der Waals surface area contributed by atoms with Crippen molar-refractivity contribution in [3.63, 3.8) is 0 Å². The van der Waals surface area contributed by atoms with E-state index < -0.39 is 0 Å². The molecule has 0 fully saturated rings. The molecule has 1 heterocycles. The summed E-state index contributed by atoms with van der Waals surface area (Å²) in [6.07, 6.45) is 6.25. The van der Waals surface area contributed by atoms with Crippen molar-refractivity contribution in [2.24, 2.45) is 5.10 Å². The molecule has 1 aliphatic rings. The molecule has 0 atom stereocenters. The first-order valence-electron chi connectivity index (χ1n) is 8.85. The Morgan fingerprint density at radius 3 is 2.64 bits per heavy atom. The highest BCUT2D eigenvalue weighted by Crippen LogP contribution is 2.23. The predicted octanol–water partition coefficient (Wildman–Crippen LogP) is 5.34. The van der Waals surface area contributed by atoms with Crippen molar-refractivity contribution in [3.05, 3.63) is 70.3 Å². The number of anilines is 1. The highest BCUT2D eigenvalue weighted by Gasteiger charge is 2.13. The lowest BCUT2D eigenvalue weighted by Crippen LogP contribution is -2.12. The fourth-order valence-electron chi connectivity index (χ4n) is 2.86. The van der Waals surface area contributed by atoms with Crippen molar-refractivity contribution >= 4 is 18.0 Å². The molecule has 0 aromatic heterocycles. The first-order chi connectivity index (χ1) is 12.2. The molecule has 0 radical (unpaired) electrons. The largest absolute Gasteiger partial charge is 0.261 e. The molecule has 2 aromatic carbocycles. The molecule has 2 nitrogen and oxygen atoms in total. The third-order valence-corrected chi connectivity index (χ3v) is 4.52. The SMILES string of the molecule is CCCC#Cc1ccc(C=C2C=NN(c3ccccc3)C2)c(C)c1C. The molecule has 0 bridgehead atoms. The van der Waals surface area contributed by atoms with E-state index in [1.54, 1.807) is 0 Å². The fraction of sp³-hybridized carbons (Fsp3) is 0.261. The van der Waals surface area contributed by atoms with Gasteiger partial charge in [-0.05, 0) is 66.8 Å². The van der Waals surface area contributed by atoms with E-state index in [-0.39, 0.29) is 0 Å². The maximum Gasteiger partial charge on any atom is 0.0682 e. The van der Waals surface area contributed by atoms with Crippen molar-refractivity contribution in [2.75, 3.05) is 11.6 Å². The average molecular weight is 328 g/mol. The summed E-state index contributed by atoms with van der Waals surface area (Å²) >= 11 is 0. The second kappa shape index (κ2) is 7.85. The Labute approximate surface area is 150 Å². The van der Waals surface area contributed by atoms with Crippen LogP contribution in [-0.4, -0.2) is 12.8 Å². The zero-order valence-electron chi connectivity index (χ0n) is 15.2. The van der Waals surface area contributed by atoms with E-state index in [9.17, 15) is 0 Å². The van der Waals surface area contributed by atoms with Crippen LogP contribution < -0.4 is 5.01 Å². The monoisotopic (exact) mass is 328 g/mol. The molecule has 2 aromatic rings. The molecule has 0 amide bonds. The second-order valence-electron chi connectivity index (χ2n) is 6.36. The third kappa shape index (κ3) is 4.00. The van der Waals surface area contributed by atoms with Gasteiger partial charge in [-0.25, -0.2) is 0 Å². The quantitative estimate of drug-likeness (QED) is 0.694. The normalized spacial score (nSPS) is 14.7. The molecule has 25 heavy (non-hydrogen) atoms. The summed E-state index contributed by atoms with van der Waals surface area (Å²) in [5.41, 5.74) is 7.29. The van der Waals surface area contributed by atoms with E-state index in [1.807, 2.05) is 29.4 Å². The zero-order valence-corrected chi connectivity index (χ0v) is 15.2. The van der Waals surface area contributed by atoms with Crippen molar-refractivity contribution in [2.45, 2.75) is 33.6 Å². The minimum atomic E-state index is 0.806. The second-order valence-corrected chi connectivity index (χ2v) is 6.36. The highest BCUT2D eigenvalue weighted by molar-refractivity contribution is 5.90. The number of hydrogen-bond acceptors (Lipinski definition) is 2. The number of unbranched alkanes of at least 4 members (excludes halogenated alkanes) is 1. The van der Waals surface area contributed by atoms with Crippen molar-refractivity contribution < 1.29 is 0 Å². The van der Waals surface area contributed by atoms with Gasteiger partial charge in [-0.1, -0.05) is 43.0 Å².